The Labute approximate surface area is 158 Å². The normalized spacial score (nSPS) is 22.2. The molecule has 3 rings (SSSR count). The Morgan fingerprint density at radius 3 is 2.76 bits per heavy atom. The Balaban J connectivity index is 2.32. The lowest BCUT2D eigenvalue weighted by atomic mass is 9.69. The van der Waals surface area contributed by atoms with E-state index in [9.17, 15) is 14.7 Å². The highest BCUT2D eigenvalue weighted by Crippen LogP contribution is 2.48. The molecular weight excluding hydrogens is 406 g/mol. The van der Waals surface area contributed by atoms with Gasteiger partial charge in [-0.3, -0.25) is 9.69 Å². The molecule has 25 heavy (non-hydrogen) atoms. The number of fused-ring (bicyclic) bond motifs is 1. The third kappa shape index (κ3) is 2.99. The highest BCUT2D eigenvalue weighted by atomic mass is 79.9. The molecular formula is C17H22BrN3O3S. The van der Waals surface area contributed by atoms with Crippen LogP contribution in [0.25, 0.3) is 10.2 Å². The standard InChI is InChI=1S/C17H22BrN3O3S/c1-16(2,3)17(7-5-4-6-8-21(17)15(23)24)14-19-10-9-11(18)25-12(10)13(22)20-14/h9H,4-8H2,1-3H3,(H,23,24)(H,19,20,22)/t17-/m0/s1. The second-order valence-corrected chi connectivity index (χ2v) is 9.97. The summed E-state index contributed by atoms with van der Waals surface area (Å²) in [7, 11) is 0. The molecule has 136 valence electrons. The Morgan fingerprint density at radius 2 is 2.12 bits per heavy atom. The zero-order chi connectivity index (χ0) is 18.4. The number of carboxylic acid groups (broad SMARTS) is 1. The van der Waals surface area contributed by atoms with E-state index in [4.69, 9.17) is 4.98 Å². The quantitative estimate of drug-likeness (QED) is 0.698. The summed E-state index contributed by atoms with van der Waals surface area (Å²) in [5.74, 6) is 0.451. The zero-order valence-electron chi connectivity index (χ0n) is 14.6. The molecule has 1 aliphatic rings. The number of thiophene rings is 1. The van der Waals surface area contributed by atoms with Crippen LogP contribution in [-0.4, -0.2) is 32.6 Å². The van der Waals surface area contributed by atoms with Gasteiger partial charge in [0.15, 0.2) is 0 Å². The number of carbonyl (C=O) groups is 1. The minimum atomic E-state index is -0.967. The molecule has 1 atom stereocenters. The van der Waals surface area contributed by atoms with Crippen LogP contribution >= 0.6 is 27.3 Å². The van der Waals surface area contributed by atoms with Crippen LogP contribution in [0.4, 0.5) is 4.79 Å². The van der Waals surface area contributed by atoms with Gasteiger partial charge in [0.1, 0.15) is 16.1 Å². The molecule has 0 aliphatic carbocycles. The molecule has 1 fully saturated rings. The van der Waals surface area contributed by atoms with E-state index in [-0.39, 0.29) is 5.56 Å². The first-order valence-electron chi connectivity index (χ1n) is 8.37. The van der Waals surface area contributed by atoms with Crippen LogP contribution in [0.2, 0.25) is 0 Å². The Morgan fingerprint density at radius 1 is 1.40 bits per heavy atom. The molecule has 0 spiro atoms. The van der Waals surface area contributed by atoms with Crippen molar-refractivity contribution >= 4 is 43.6 Å². The lowest BCUT2D eigenvalue weighted by molar-refractivity contribution is -0.00942. The lowest BCUT2D eigenvalue weighted by Gasteiger charge is -2.49. The molecule has 1 aliphatic heterocycles. The fourth-order valence-electron chi connectivity index (χ4n) is 3.90. The van der Waals surface area contributed by atoms with Crippen molar-refractivity contribution in [3.8, 4) is 0 Å². The molecule has 2 aromatic heterocycles. The summed E-state index contributed by atoms with van der Waals surface area (Å²) < 4.78 is 1.38. The third-order valence-electron chi connectivity index (χ3n) is 5.10. The maximum Gasteiger partial charge on any atom is 0.408 e. The number of rotatable bonds is 1. The van der Waals surface area contributed by atoms with Crippen LogP contribution < -0.4 is 5.56 Å². The summed E-state index contributed by atoms with van der Waals surface area (Å²) in [6, 6.07) is 1.82. The highest BCUT2D eigenvalue weighted by Gasteiger charge is 2.52. The number of hydrogen-bond donors (Lipinski definition) is 2. The fraction of sp³-hybridized carbons (Fsp3) is 0.588. The first kappa shape index (κ1) is 18.4. The van der Waals surface area contributed by atoms with Gasteiger partial charge in [0, 0.05) is 6.54 Å². The smallest absolute Gasteiger partial charge is 0.408 e. The Kier molecular flexibility index (Phi) is 4.70. The zero-order valence-corrected chi connectivity index (χ0v) is 17.0. The van der Waals surface area contributed by atoms with Crippen molar-refractivity contribution in [3.05, 3.63) is 26.0 Å². The fourth-order valence-corrected chi connectivity index (χ4v) is 5.32. The van der Waals surface area contributed by atoms with Crippen molar-refractivity contribution < 1.29 is 9.90 Å². The van der Waals surface area contributed by atoms with Crippen molar-refractivity contribution in [2.24, 2.45) is 5.41 Å². The van der Waals surface area contributed by atoms with Crippen LogP contribution in [0.1, 0.15) is 52.3 Å². The van der Waals surface area contributed by atoms with Gasteiger partial charge < -0.3 is 10.1 Å². The summed E-state index contributed by atoms with van der Waals surface area (Å²) in [5, 5.41) is 9.91. The molecule has 6 nitrogen and oxygen atoms in total. The van der Waals surface area contributed by atoms with E-state index in [1.54, 1.807) is 0 Å². The van der Waals surface area contributed by atoms with Crippen molar-refractivity contribution in [1.29, 1.82) is 0 Å². The second-order valence-electron chi connectivity index (χ2n) is 7.53. The number of halogens is 1. The number of nitrogens with one attached hydrogen (secondary N) is 1. The van der Waals surface area contributed by atoms with Gasteiger partial charge in [0.25, 0.3) is 5.56 Å². The molecule has 0 bridgehead atoms. The number of likely N-dealkylation sites (tertiary alicyclic amines) is 1. The summed E-state index contributed by atoms with van der Waals surface area (Å²) in [5.41, 5.74) is -0.897. The average molecular weight is 428 g/mol. The molecule has 3 heterocycles. The summed E-state index contributed by atoms with van der Waals surface area (Å²) >= 11 is 4.73. The molecule has 8 heteroatoms. The van der Waals surface area contributed by atoms with Gasteiger partial charge in [-0.25, -0.2) is 9.78 Å². The number of nitrogens with zero attached hydrogens (tertiary/aromatic N) is 2. The van der Waals surface area contributed by atoms with E-state index in [0.717, 1.165) is 23.0 Å². The maximum absolute atomic E-state index is 12.6. The Hall–Kier alpha value is -1.41. The minimum absolute atomic E-state index is 0.214. The van der Waals surface area contributed by atoms with E-state index in [0.29, 0.717) is 29.0 Å². The predicted molar refractivity (Wildman–Crippen MR) is 102 cm³/mol. The molecule has 2 N–H and O–H groups in total. The molecule has 0 aromatic carbocycles. The van der Waals surface area contributed by atoms with E-state index in [1.165, 1.54) is 16.2 Å². The van der Waals surface area contributed by atoms with E-state index in [1.807, 2.05) is 26.8 Å². The predicted octanol–water partition coefficient (Wildman–Crippen LogP) is 4.54. The van der Waals surface area contributed by atoms with Gasteiger partial charge in [0.2, 0.25) is 0 Å². The molecule has 0 unspecified atom stereocenters. The van der Waals surface area contributed by atoms with Crippen molar-refractivity contribution in [2.75, 3.05) is 6.54 Å². The summed E-state index contributed by atoms with van der Waals surface area (Å²) in [6.07, 6.45) is 2.36. The van der Waals surface area contributed by atoms with Crippen molar-refractivity contribution in [3.63, 3.8) is 0 Å². The molecule has 1 amide bonds. The van der Waals surface area contributed by atoms with Crippen LogP contribution in [0, 0.1) is 5.41 Å². The van der Waals surface area contributed by atoms with Crippen LogP contribution in [-0.2, 0) is 5.54 Å². The van der Waals surface area contributed by atoms with E-state index in [2.05, 4.69) is 20.9 Å². The van der Waals surface area contributed by atoms with Gasteiger partial charge >= 0.3 is 6.09 Å². The molecule has 1 saturated heterocycles. The molecule has 0 radical (unpaired) electrons. The number of aromatic nitrogens is 2. The largest absolute Gasteiger partial charge is 0.465 e. The average Bonchev–Trinajstić information content (AvgIpc) is 2.74. The number of amides is 1. The first-order chi connectivity index (χ1) is 11.7. The van der Waals surface area contributed by atoms with Crippen LogP contribution in [0.15, 0.2) is 14.6 Å². The van der Waals surface area contributed by atoms with Crippen molar-refractivity contribution in [1.82, 2.24) is 14.9 Å². The number of hydrogen-bond acceptors (Lipinski definition) is 4. The summed E-state index contributed by atoms with van der Waals surface area (Å²) in [4.78, 5) is 33.8. The maximum atomic E-state index is 12.6. The van der Waals surface area contributed by atoms with Gasteiger partial charge in [-0.05, 0) is 40.3 Å². The second kappa shape index (κ2) is 6.39. The summed E-state index contributed by atoms with van der Waals surface area (Å²) in [6.45, 7) is 6.49. The SMILES string of the molecule is CC(C)(C)[C@@]1(c2nc3cc(Br)sc3c(=O)[nH]2)CCCCCN1C(=O)O. The molecule has 0 saturated carbocycles. The third-order valence-corrected chi connectivity index (χ3v) is 6.72. The van der Waals surface area contributed by atoms with Gasteiger partial charge in [0.05, 0.1) is 9.30 Å². The van der Waals surface area contributed by atoms with Crippen molar-refractivity contribution in [2.45, 2.75) is 52.0 Å². The number of aromatic amines is 1. The Bertz CT molecular complexity index is 870. The van der Waals surface area contributed by atoms with Crippen LogP contribution in [0.3, 0.4) is 0 Å². The van der Waals surface area contributed by atoms with E-state index >= 15 is 0 Å². The van der Waals surface area contributed by atoms with Gasteiger partial charge in [-0.1, -0.05) is 33.6 Å². The minimum Gasteiger partial charge on any atom is -0.465 e. The van der Waals surface area contributed by atoms with Gasteiger partial charge in [-0.2, -0.15) is 0 Å². The first-order valence-corrected chi connectivity index (χ1v) is 9.98. The number of H-pyrrole nitrogens is 1. The van der Waals surface area contributed by atoms with E-state index < -0.39 is 17.0 Å². The van der Waals surface area contributed by atoms with Gasteiger partial charge in [-0.15, -0.1) is 11.3 Å². The monoisotopic (exact) mass is 427 g/mol. The molecule has 2 aromatic rings. The topological polar surface area (TPSA) is 86.3 Å². The highest BCUT2D eigenvalue weighted by molar-refractivity contribution is 9.11. The lowest BCUT2D eigenvalue weighted by Crippen LogP contribution is -2.57. The van der Waals surface area contributed by atoms with Crippen LogP contribution in [0.5, 0.6) is 0 Å².